The van der Waals surface area contributed by atoms with E-state index in [1.54, 1.807) is 30.5 Å². The molecule has 0 atom stereocenters. The SMILES string of the molecule is O=C(NCCc1ccccn1)c1ccc(Nc2c(Oc3ccc(F)cc3)cnn(-c3ccc(F)cc3)c2=O)cc1. The molecular weight excluding hydrogens is 516 g/mol. The van der Waals surface area contributed by atoms with Crippen LogP contribution in [0.15, 0.2) is 108 Å². The van der Waals surface area contributed by atoms with Gasteiger partial charge in [0.1, 0.15) is 17.4 Å². The number of aromatic nitrogens is 3. The Morgan fingerprint density at radius 1 is 0.875 bits per heavy atom. The lowest BCUT2D eigenvalue weighted by Gasteiger charge is -2.15. The van der Waals surface area contributed by atoms with E-state index < -0.39 is 17.2 Å². The van der Waals surface area contributed by atoms with Crippen molar-refractivity contribution >= 4 is 17.3 Å². The Kier molecular flexibility index (Phi) is 7.87. The van der Waals surface area contributed by atoms with E-state index >= 15 is 0 Å². The Hall–Kier alpha value is -5.38. The second-order valence-electron chi connectivity index (χ2n) is 8.66. The predicted molar refractivity (Wildman–Crippen MR) is 146 cm³/mol. The first-order valence-electron chi connectivity index (χ1n) is 12.3. The Morgan fingerprint density at radius 3 is 2.25 bits per heavy atom. The lowest BCUT2D eigenvalue weighted by molar-refractivity contribution is 0.0954. The van der Waals surface area contributed by atoms with Crippen LogP contribution in [0.3, 0.4) is 0 Å². The average molecular weight is 540 g/mol. The summed E-state index contributed by atoms with van der Waals surface area (Å²) >= 11 is 0. The van der Waals surface area contributed by atoms with Crippen LogP contribution in [0.4, 0.5) is 20.2 Å². The van der Waals surface area contributed by atoms with Crippen molar-refractivity contribution in [2.75, 3.05) is 11.9 Å². The van der Waals surface area contributed by atoms with E-state index in [0.717, 1.165) is 10.4 Å². The second kappa shape index (κ2) is 12.0. The summed E-state index contributed by atoms with van der Waals surface area (Å²) in [5.41, 5.74) is 1.64. The first-order valence-corrected chi connectivity index (χ1v) is 12.3. The number of hydrogen-bond donors (Lipinski definition) is 2. The number of halogens is 2. The molecular formula is C30H23F2N5O3. The second-order valence-corrected chi connectivity index (χ2v) is 8.66. The summed E-state index contributed by atoms with van der Waals surface area (Å²) < 4.78 is 33.7. The van der Waals surface area contributed by atoms with E-state index in [-0.39, 0.29) is 17.3 Å². The average Bonchev–Trinajstić information content (AvgIpc) is 2.97. The molecule has 5 aromatic rings. The fourth-order valence-corrected chi connectivity index (χ4v) is 3.83. The minimum atomic E-state index is -0.567. The normalized spacial score (nSPS) is 10.7. The van der Waals surface area contributed by atoms with Gasteiger partial charge in [-0.2, -0.15) is 9.78 Å². The van der Waals surface area contributed by atoms with Gasteiger partial charge in [0.2, 0.25) is 0 Å². The molecule has 10 heteroatoms. The molecule has 0 aliphatic heterocycles. The van der Waals surface area contributed by atoms with Crippen LogP contribution >= 0.6 is 0 Å². The van der Waals surface area contributed by atoms with Crippen molar-refractivity contribution in [3.63, 3.8) is 0 Å². The fraction of sp³-hybridized carbons (Fsp3) is 0.0667. The van der Waals surface area contributed by atoms with E-state index in [4.69, 9.17) is 4.74 Å². The zero-order valence-electron chi connectivity index (χ0n) is 21.1. The van der Waals surface area contributed by atoms with Crippen molar-refractivity contribution in [2.24, 2.45) is 0 Å². The quantitative estimate of drug-likeness (QED) is 0.260. The highest BCUT2D eigenvalue weighted by atomic mass is 19.1. The van der Waals surface area contributed by atoms with E-state index in [1.807, 2.05) is 18.2 Å². The number of carbonyl (C=O) groups excluding carboxylic acids is 1. The summed E-state index contributed by atoms with van der Waals surface area (Å²) in [6, 6.07) is 22.8. The van der Waals surface area contributed by atoms with Gasteiger partial charge in [-0.3, -0.25) is 14.6 Å². The zero-order chi connectivity index (χ0) is 27.9. The highest BCUT2D eigenvalue weighted by molar-refractivity contribution is 5.94. The van der Waals surface area contributed by atoms with Crippen molar-refractivity contribution in [3.8, 4) is 17.2 Å². The smallest absolute Gasteiger partial charge is 0.299 e. The van der Waals surface area contributed by atoms with Gasteiger partial charge in [0.15, 0.2) is 11.4 Å². The molecule has 5 rings (SSSR count). The van der Waals surface area contributed by atoms with Gasteiger partial charge in [0, 0.05) is 36.1 Å². The predicted octanol–water partition coefficient (Wildman–Crippen LogP) is 5.41. The molecule has 2 heterocycles. The molecule has 0 saturated heterocycles. The van der Waals surface area contributed by atoms with Crippen LogP contribution in [-0.4, -0.2) is 27.2 Å². The molecule has 0 fully saturated rings. The highest BCUT2D eigenvalue weighted by Gasteiger charge is 2.16. The first kappa shape index (κ1) is 26.2. The van der Waals surface area contributed by atoms with Crippen LogP contribution in [0.5, 0.6) is 11.5 Å². The van der Waals surface area contributed by atoms with Gasteiger partial charge < -0.3 is 15.4 Å². The molecule has 3 aromatic carbocycles. The number of nitrogens with zero attached hydrogens (tertiary/aromatic N) is 3. The molecule has 0 aliphatic rings. The number of nitrogens with one attached hydrogen (secondary N) is 2. The molecule has 40 heavy (non-hydrogen) atoms. The number of benzene rings is 3. The third kappa shape index (κ3) is 6.36. The highest BCUT2D eigenvalue weighted by Crippen LogP contribution is 2.29. The van der Waals surface area contributed by atoms with Crippen LogP contribution in [0.2, 0.25) is 0 Å². The maximum absolute atomic E-state index is 13.5. The van der Waals surface area contributed by atoms with Crippen molar-refractivity contribution in [1.29, 1.82) is 0 Å². The van der Waals surface area contributed by atoms with E-state index in [1.165, 1.54) is 54.7 Å². The van der Waals surface area contributed by atoms with Crippen molar-refractivity contribution in [3.05, 3.63) is 137 Å². The molecule has 2 N–H and O–H groups in total. The van der Waals surface area contributed by atoms with Gasteiger partial charge in [0.25, 0.3) is 11.5 Å². The molecule has 0 unspecified atom stereocenters. The van der Waals surface area contributed by atoms with Crippen LogP contribution in [0, 0.1) is 11.6 Å². The summed E-state index contributed by atoms with van der Waals surface area (Å²) in [6.07, 6.45) is 3.64. The Balaban J connectivity index is 1.37. The van der Waals surface area contributed by atoms with Gasteiger partial charge in [0.05, 0.1) is 11.9 Å². The molecule has 0 saturated carbocycles. The lowest BCUT2D eigenvalue weighted by atomic mass is 10.2. The minimum absolute atomic E-state index is 0.0382. The van der Waals surface area contributed by atoms with E-state index in [0.29, 0.717) is 35.7 Å². The Labute approximate surface area is 227 Å². The van der Waals surface area contributed by atoms with Gasteiger partial charge in [-0.1, -0.05) is 6.07 Å². The molecule has 0 aliphatic carbocycles. The van der Waals surface area contributed by atoms with Crippen molar-refractivity contribution in [2.45, 2.75) is 6.42 Å². The summed E-state index contributed by atoms with van der Waals surface area (Å²) in [7, 11) is 0. The van der Waals surface area contributed by atoms with Gasteiger partial charge in [-0.25, -0.2) is 8.78 Å². The maximum Gasteiger partial charge on any atom is 0.299 e. The largest absolute Gasteiger partial charge is 0.453 e. The van der Waals surface area contributed by atoms with E-state index in [9.17, 15) is 18.4 Å². The van der Waals surface area contributed by atoms with Gasteiger partial charge >= 0.3 is 0 Å². The molecule has 8 nitrogen and oxygen atoms in total. The van der Waals surface area contributed by atoms with Gasteiger partial charge in [-0.15, -0.1) is 0 Å². The molecule has 0 radical (unpaired) electrons. The standard InChI is InChI=1S/C30H23F2N5O3/c31-21-6-12-25(13-7-21)37-30(39)28(27(19-35-37)40-26-14-8-22(32)9-15-26)36-24-10-4-20(5-11-24)29(38)34-18-16-23-3-1-2-17-33-23/h1-15,17,19,36H,16,18H2,(H,34,38). The molecule has 200 valence electrons. The number of hydrogen-bond acceptors (Lipinski definition) is 6. The zero-order valence-corrected chi connectivity index (χ0v) is 21.1. The topological polar surface area (TPSA) is 98.1 Å². The number of carbonyl (C=O) groups is 1. The monoisotopic (exact) mass is 539 g/mol. The van der Waals surface area contributed by atoms with Gasteiger partial charge in [-0.05, 0) is 84.9 Å². The molecule has 2 aromatic heterocycles. The summed E-state index contributed by atoms with van der Waals surface area (Å²) in [5, 5.41) is 10.1. The van der Waals surface area contributed by atoms with Crippen LogP contribution in [0.25, 0.3) is 5.69 Å². The third-order valence-corrected chi connectivity index (χ3v) is 5.87. The molecule has 1 amide bonds. The minimum Gasteiger partial charge on any atom is -0.453 e. The number of pyridine rings is 1. The van der Waals surface area contributed by atoms with Crippen LogP contribution in [0.1, 0.15) is 16.1 Å². The first-order chi connectivity index (χ1) is 19.5. The van der Waals surface area contributed by atoms with Crippen LogP contribution in [-0.2, 0) is 6.42 Å². The summed E-state index contributed by atoms with van der Waals surface area (Å²) in [6.45, 7) is 0.430. The van der Waals surface area contributed by atoms with E-state index in [2.05, 4.69) is 20.7 Å². The van der Waals surface area contributed by atoms with Crippen molar-refractivity contribution < 1.29 is 18.3 Å². The third-order valence-electron chi connectivity index (χ3n) is 5.87. The number of rotatable bonds is 9. The maximum atomic E-state index is 13.5. The molecule has 0 bridgehead atoms. The molecule has 0 spiro atoms. The lowest BCUT2D eigenvalue weighted by Crippen LogP contribution is -2.26. The number of anilines is 2. The fourth-order valence-electron chi connectivity index (χ4n) is 3.83. The van der Waals surface area contributed by atoms with Crippen LogP contribution < -0.4 is 20.9 Å². The number of amides is 1. The Bertz CT molecular complexity index is 1660. The summed E-state index contributed by atoms with van der Waals surface area (Å²) in [4.78, 5) is 30.3. The number of ether oxygens (including phenoxy) is 1. The summed E-state index contributed by atoms with van der Waals surface area (Å²) in [5.74, 6) is -0.747. The Morgan fingerprint density at radius 2 is 1.57 bits per heavy atom. The van der Waals surface area contributed by atoms with Crippen molar-refractivity contribution in [1.82, 2.24) is 20.1 Å².